The summed E-state index contributed by atoms with van der Waals surface area (Å²) >= 11 is 1.51. The van der Waals surface area contributed by atoms with Crippen LogP contribution in [0.5, 0.6) is 0 Å². The zero-order valence-corrected chi connectivity index (χ0v) is 13.7. The molecule has 0 fully saturated rings. The zero-order chi connectivity index (χ0) is 15.2. The van der Waals surface area contributed by atoms with Crippen molar-refractivity contribution in [2.75, 3.05) is 5.75 Å². The molecule has 0 unspecified atom stereocenters. The second-order valence-corrected chi connectivity index (χ2v) is 6.12. The fourth-order valence-electron chi connectivity index (χ4n) is 2.42. The Labute approximate surface area is 130 Å². The Morgan fingerprint density at radius 2 is 2.14 bits per heavy atom. The van der Waals surface area contributed by atoms with Gasteiger partial charge in [-0.2, -0.15) is 0 Å². The minimum atomic E-state index is 0.0793. The van der Waals surface area contributed by atoms with Crippen molar-refractivity contribution in [3.05, 3.63) is 24.3 Å². The minimum absolute atomic E-state index is 0.0793. The number of fused-ring (bicyclic) bond motifs is 1. The number of rotatable bonds is 7. The number of aromatic nitrogens is 2. The van der Waals surface area contributed by atoms with Crippen LogP contribution in [-0.4, -0.2) is 27.3 Å². The first-order valence-corrected chi connectivity index (χ1v) is 8.51. The number of hydrogen-bond donors (Lipinski definition) is 1. The number of para-hydroxylation sites is 2. The smallest absolute Gasteiger partial charge is 0.230 e. The lowest BCUT2D eigenvalue weighted by Crippen LogP contribution is -2.33. The predicted octanol–water partition coefficient (Wildman–Crippen LogP) is 3.45. The molecule has 1 atom stereocenters. The molecule has 0 aliphatic rings. The van der Waals surface area contributed by atoms with E-state index in [1.807, 2.05) is 25.1 Å². The van der Waals surface area contributed by atoms with Crippen LogP contribution in [0.4, 0.5) is 0 Å². The highest BCUT2D eigenvalue weighted by atomic mass is 32.2. The van der Waals surface area contributed by atoms with Crippen LogP contribution >= 0.6 is 11.8 Å². The van der Waals surface area contributed by atoms with Gasteiger partial charge in [-0.15, -0.1) is 0 Å². The Bertz CT molecular complexity index is 609. The predicted molar refractivity (Wildman–Crippen MR) is 88.6 cm³/mol. The number of amides is 1. The summed E-state index contributed by atoms with van der Waals surface area (Å²) in [6.45, 7) is 7.13. The molecule has 0 saturated carbocycles. The van der Waals surface area contributed by atoms with Gasteiger partial charge in [-0.05, 0) is 32.4 Å². The van der Waals surface area contributed by atoms with E-state index in [4.69, 9.17) is 0 Å². The van der Waals surface area contributed by atoms with E-state index in [0.717, 1.165) is 35.6 Å². The van der Waals surface area contributed by atoms with Crippen LogP contribution in [0.2, 0.25) is 0 Å². The van der Waals surface area contributed by atoms with Crippen LogP contribution in [0.15, 0.2) is 29.4 Å². The standard InChI is InChI=1S/C16H23N3OS/c1-4-8-12(3)17-15(20)11-21-16-18-13-9-6-7-10-14(13)19(16)5-2/h6-7,9-10,12H,4-5,8,11H2,1-3H3,(H,17,20)/t12-/m1/s1. The van der Waals surface area contributed by atoms with Crippen LogP contribution in [0.25, 0.3) is 11.0 Å². The molecular formula is C16H23N3OS. The third-order valence-corrected chi connectivity index (χ3v) is 4.37. The highest BCUT2D eigenvalue weighted by molar-refractivity contribution is 7.99. The fourth-order valence-corrected chi connectivity index (χ4v) is 3.31. The highest BCUT2D eigenvalue weighted by Crippen LogP contribution is 2.23. The van der Waals surface area contributed by atoms with Crippen molar-refractivity contribution in [3.8, 4) is 0 Å². The van der Waals surface area contributed by atoms with Gasteiger partial charge in [0.1, 0.15) is 0 Å². The van der Waals surface area contributed by atoms with Crippen molar-refractivity contribution < 1.29 is 4.79 Å². The molecule has 0 spiro atoms. The number of hydrogen-bond acceptors (Lipinski definition) is 3. The minimum Gasteiger partial charge on any atom is -0.353 e. The van der Waals surface area contributed by atoms with Crippen LogP contribution in [0.1, 0.15) is 33.6 Å². The van der Waals surface area contributed by atoms with Crippen LogP contribution in [-0.2, 0) is 11.3 Å². The fraction of sp³-hybridized carbons (Fsp3) is 0.500. The van der Waals surface area contributed by atoms with E-state index in [1.165, 1.54) is 11.8 Å². The average molecular weight is 305 g/mol. The molecule has 0 bridgehead atoms. The van der Waals surface area contributed by atoms with Crippen molar-refractivity contribution in [2.45, 2.75) is 51.4 Å². The van der Waals surface area contributed by atoms with Gasteiger partial charge in [0, 0.05) is 12.6 Å². The molecular weight excluding hydrogens is 282 g/mol. The SMILES string of the molecule is CCC[C@@H](C)NC(=O)CSc1nc2ccccc2n1CC. The Balaban J connectivity index is 2.01. The molecule has 21 heavy (non-hydrogen) atoms. The molecule has 2 aromatic rings. The molecule has 5 heteroatoms. The quantitative estimate of drug-likeness (QED) is 0.797. The maximum absolute atomic E-state index is 11.9. The molecule has 2 rings (SSSR count). The summed E-state index contributed by atoms with van der Waals surface area (Å²) in [6, 6.07) is 8.33. The lowest BCUT2D eigenvalue weighted by molar-refractivity contribution is -0.119. The molecule has 0 radical (unpaired) electrons. The number of carbonyl (C=O) groups excluding carboxylic acids is 1. The van der Waals surface area contributed by atoms with Crippen molar-refractivity contribution in [3.63, 3.8) is 0 Å². The van der Waals surface area contributed by atoms with E-state index in [9.17, 15) is 4.79 Å². The molecule has 1 aromatic carbocycles. The third-order valence-electron chi connectivity index (χ3n) is 3.40. The molecule has 0 saturated heterocycles. The number of carbonyl (C=O) groups is 1. The first kappa shape index (κ1) is 15.9. The Kier molecular flexibility index (Phi) is 5.67. The summed E-state index contributed by atoms with van der Waals surface area (Å²) in [5.41, 5.74) is 2.11. The van der Waals surface area contributed by atoms with Crippen LogP contribution in [0.3, 0.4) is 0 Å². The Hall–Kier alpha value is -1.49. The zero-order valence-electron chi connectivity index (χ0n) is 12.9. The summed E-state index contributed by atoms with van der Waals surface area (Å²) in [7, 11) is 0. The van der Waals surface area contributed by atoms with E-state index in [-0.39, 0.29) is 11.9 Å². The van der Waals surface area contributed by atoms with Crippen molar-refractivity contribution in [1.82, 2.24) is 14.9 Å². The first-order valence-electron chi connectivity index (χ1n) is 7.53. The Morgan fingerprint density at radius 3 is 2.86 bits per heavy atom. The molecule has 1 amide bonds. The summed E-state index contributed by atoms with van der Waals surface area (Å²) in [6.07, 6.45) is 2.10. The summed E-state index contributed by atoms with van der Waals surface area (Å²) < 4.78 is 2.16. The summed E-state index contributed by atoms with van der Waals surface area (Å²) in [4.78, 5) is 16.6. The van der Waals surface area contributed by atoms with Crippen LogP contribution < -0.4 is 5.32 Å². The van der Waals surface area contributed by atoms with Gasteiger partial charge < -0.3 is 9.88 Å². The molecule has 1 aromatic heterocycles. The maximum atomic E-state index is 11.9. The second-order valence-electron chi connectivity index (χ2n) is 5.17. The molecule has 0 aliphatic carbocycles. The van der Waals surface area contributed by atoms with E-state index in [0.29, 0.717) is 5.75 Å². The molecule has 1 heterocycles. The lowest BCUT2D eigenvalue weighted by Gasteiger charge is -2.12. The highest BCUT2D eigenvalue weighted by Gasteiger charge is 2.12. The number of benzene rings is 1. The van der Waals surface area contributed by atoms with Gasteiger partial charge in [-0.25, -0.2) is 4.98 Å². The molecule has 4 nitrogen and oxygen atoms in total. The number of nitrogens with one attached hydrogen (secondary N) is 1. The van der Waals surface area contributed by atoms with Crippen molar-refractivity contribution in [2.24, 2.45) is 0 Å². The van der Waals surface area contributed by atoms with E-state index >= 15 is 0 Å². The van der Waals surface area contributed by atoms with Gasteiger partial charge in [-0.3, -0.25) is 4.79 Å². The second kappa shape index (κ2) is 7.50. The van der Waals surface area contributed by atoms with Crippen LogP contribution in [0, 0.1) is 0 Å². The number of imidazole rings is 1. The van der Waals surface area contributed by atoms with Gasteiger partial charge in [0.25, 0.3) is 0 Å². The first-order chi connectivity index (χ1) is 10.2. The monoisotopic (exact) mass is 305 g/mol. The third kappa shape index (κ3) is 4.00. The number of nitrogens with zero attached hydrogens (tertiary/aromatic N) is 2. The van der Waals surface area contributed by atoms with Crippen molar-refractivity contribution in [1.29, 1.82) is 0 Å². The van der Waals surface area contributed by atoms with Gasteiger partial charge in [-0.1, -0.05) is 37.2 Å². The van der Waals surface area contributed by atoms with Crippen molar-refractivity contribution >= 4 is 28.7 Å². The van der Waals surface area contributed by atoms with Gasteiger partial charge >= 0.3 is 0 Å². The molecule has 1 N–H and O–H groups in total. The van der Waals surface area contributed by atoms with Gasteiger partial charge in [0.15, 0.2) is 5.16 Å². The maximum Gasteiger partial charge on any atom is 0.230 e. The van der Waals surface area contributed by atoms with E-state index in [2.05, 4.69) is 34.8 Å². The summed E-state index contributed by atoms with van der Waals surface area (Å²) in [5.74, 6) is 0.493. The molecule has 114 valence electrons. The lowest BCUT2D eigenvalue weighted by atomic mass is 10.2. The largest absolute Gasteiger partial charge is 0.353 e. The van der Waals surface area contributed by atoms with Gasteiger partial charge in [0.2, 0.25) is 5.91 Å². The van der Waals surface area contributed by atoms with E-state index < -0.39 is 0 Å². The normalized spacial score (nSPS) is 12.5. The molecule has 0 aliphatic heterocycles. The average Bonchev–Trinajstić information content (AvgIpc) is 2.82. The van der Waals surface area contributed by atoms with Gasteiger partial charge in [0.05, 0.1) is 16.8 Å². The topological polar surface area (TPSA) is 46.9 Å². The van der Waals surface area contributed by atoms with E-state index in [1.54, 1.807) is 0 Å². The summed E-state index contributed by atoms with van der Waals surface area (Å²) in [5, 5.41) is 3.94. The Morgan fingerprint density at radius 1 is 1.38 bits per heavy atom. The number of thioether (sulfide) groups is 1. The number of aryl methyl sites for hydroxylation is 1.